The van der Waals surface area contributed by atoms with Crippen molar-refractivity contribution in [3.05, 3.63) is 100 Å². The Hall–Kier alpha value is -2.56. The van der Waals surface area contributed by atoms with E-state index in [4.69, 9.17) is 28.6 Å². The molecule has 0 spiro atoms. The van der Waals surface area contributed by atoms with Gasteiger partial charge in [0, 0.05) is 23.5 Å². The standard InChI is InChI=1S/C27H29ClN2OS/c1-31-23-12-13-24-21(18-23)9-14-26(25(24)17-20-5-3-2-4-6-20)30-27(32)29-16-15-19-7-10-22(28)11-8-19/h2-8,10-13,18,25-26H,9,14-17H2,1H3,(H2,29,30,32). The number of nitrogens with one attached hydrogen (secondary N) is 2. The van der Waals surface area contributed by atoms with E-state index in [0.717, 1.165) is 48.1 Å². The quantitative estimate of drug-likeness (QED) is 0.439. The first-order valence-electron chi connectivity index (χ1n) is 11.1. The molecule has 4 rings (SSSR count). The molecule has 2 atom stereocenters. The van der Waals surface area contributed by atoms with Crippen LogP contribution in [0.4, 0.5) is 0 Å². The molecule has 2 N–H and O–H groups in total. The number of rotatable bonds is 7. The fourth-order valence-corrected chi connectivity index (χ4v) is 4.88. The molecule has 2 unspecified atom stereocenters. The summed E-state index contributed by atoms with van der Waals surface area (Å²) in [6, 6.07) is 25.4. The second kappa shape index (κ2) is 10.8. The van der Waals surface area contributed by atoms with E-state index >= 15 is 0 Å². The maximum atomic E-state index is 5.98. The molecule has 0 radical (unpaired) electrons. The normalized spacial score (nSPS) is 17.3. The van der Waals surface area contributed by atoms with Gasteiger partial charge in [-0.2, -0.15) is 0 Å². The second-order valence-corrected chi connectivity index (χ2v) is 9.13. The summed E-state index contributed by atoms with van der Waals surface area (Å²) in [4.78, 5) is 0. The van der Waals surface area contributed by atoms with Gasteiger partial charge in [0.2, 0.25) is 0 Å². The lowest BCUT2D eigenvalue weighted by Crippen LogP contribution is -2.47. The number of aryl methyl sites for hydroxylation is 1. The molecular weight excluding hydrogens is 436 g/mol. The van der Waals surface area contributed by atoms with Gasteiger partial charge >= 0.3 is 0 Å². The van der Waals surface area contributed by atoms with Crippen LogP contribution < -0.4 is 15.4 Å². The van der Waals surface area contributed by atoms with Crippen molar-refractivity contribution >= 4 is 28.9 Å². The Balaban J connectivity index is 1.43. The van der Waals surface area contributed by atoms with Gasteiger partial charge in [-0.25, -0.2) is 0 Å². The molecule has 32 heavy (non-hydrogen) atoms. The van der Waals surface area contributed by atoms with Crippen molar-refractivity contribution in [2.75, 3.05) is 13.7 Å². The van der Waals surface area contributed by atoms with Crippen molar-refractivity contribution < 1.29 is 4.74 Å². The zero-order chi connectivity index (χ0) is 22.3. The molecule has 0 saturated heterocycles. The molecule has 0 bridgehead atoms. The first-order chi connectivity index (χ1) is 15.6. The number of thiocarbonyl (C=S) groups is 1. The maximum Gasteiger partial charge on any atom is 0.166 e. The Morgan fingerprint density at radius 2 is 1.81 bits per heavy atom. The Labute approximate surface area is 201 Å². The van der Waals surface area contributed by atoms with E-state index in [1.165, 1.54) is 22.3 Å². The summed E-state index contributed by atoms with van der Waals surface area (Å²) in [5, 5.41) is 8.49. The molecule has 0 aliphatic heterocycles. The average molecular weight is 465 g/mol. The fourth-order valence-electron chi connectivity index (χ4n) is 4.50. The van der Waals surface area contributed by atoms with Crippen LogP contribution in [-0.4, -0.2) is 24.8 Å². The third-order valence-electron chi connectivity index (χ3n) is 6.19. The summed E-state index contributed by atoms with van der Waals surface area (Å²) in [6.07, 6.45) is 3.94. The molecule has 3 aromatic rings. The fraction of sp³-hybridized carbons (Fsp3) is 0.296. The lowest BCUT2D eigenvalue weighted by molar-refractivity contribution is 0.406. The Morgan fingerprint density at radius 1 is 1.03 bits per heavy atom. The van der Waals surface area contributed by atoms with Gasteiger partial charge in [-0.3, -0.25) is 0 Å². The molecule has 0 amide bonds. The van der Waals surface area contributed by atoms with Crippen LogP contribution >= 0.6 is 23.8 Å². The van der Waals surface area contributed by atoms with Crippen molar-refractivity contribution in [1.29, 1.82) is 0 Å². The van der Waals surface area contributed by atoms with Gasteiger partial charge in [-0.05, 0) is 84.4 Å². The third-order valence-corrected chi connectivity index (χ3v) is 6.70. The highest BCUT2D eigenvalue weighted by Gasteiger charge is 2.30. The van der Waals surface area contributed by atoms with Crippen molar-refractivity contribution in [3.63, 3.8) is 0 Å². The topological polar surface area (TPSA) is 33.3 Å². The predicted molar refractivity (Wildman–Crippen MR) is 137 cm³/mol. The maximum absolute atomic E-state index is 5.98. The number of benzene rings is 3. The van der Waals surface area contributed by atoms with Gasteiger partial charge in [0.25, 0.3) is 0 Å². The molecule has 1 aliphatic rings. The zero-order valence-electron chi connectivity index (χ0n) is 18.3. The number of halogens is 1. The molecule has 166 valence electrons. The largest absolute Gasteiger partial charge is 0.497 e. The van der Waals surface area contributed by atoms with Crippen LogP contribution in [0.3, 0.4) is 0 Å². The first kappa shape index (κ1) is 22.6. The van der Waals surface area contributed by atoms with Gasteiger partial charge in [-0.1, -0.05) is 60.1 Å². The summed E-state index contributed by atoms with van der Waals surface area (Å²) in [5.74, 6) is 1.27. The van der Waals surface area contributed by atoms with Crippen molar-refractivity contribution in [3.8, 4) is 5.75 Å². The van der Waals surface area contributed by atoms with Crippen LogP contribution in [-0.2, 0) is 19.3 Å². The van der Waals surface area contributed by atoms with Crippen LogP contribution in [0.2, 0.25) is 5.02 Å². The van der Waals surface area contributed by atoms with Gasteiger partial charge in [0.05, 0.1) is 7.11 Å². The minimum atomic E-state index is 0.284. The van der Waals surface area contributed by atoms with E-state index in [0.29, 0.717) is 5.92 Å². The summed E-state index contributed by atoms with van der Waals surface area (Å²) in [5.41, 5.74) is 5.36. The highest BCUT2D eigenvalue weighted by molar-refractivity contribution is 7.80. The van der Waals surface area contributed by atoms with Gasteiger partial charge in [-0.15, -0.1) is 0 Å². The Morgan fingerprint density at radius 3 is 2.56 bits per heavy atom. The van der Waals surface area contributed by atoms with Crippen LogP contribution in [0.15, 0.2) is 72.8 Å². The number of hydrogen-bond acceptors (Lipinski definition) is 2. The summed E-state index contributed by atoms with van der Waals surface area (Å²) < 4.78 is 5.46. The minimum absolute atomic E-state index is 0.284. The van der Waals surface area contributed by atoms with Gasteiger partial charge < -0.3 is 15.4 Å². The third kappa shape index (κ3) is 5.81. The summed E-state index contributed by atoms with van der Waals surface area (Å²) in [6.45, 7) is 0.789. The predicted octanol–water partition coefficient (Wildman–Crippen LogP) is 5.70. The monoisotopic (exact) mass is 464 g/mol. The molecule has 3 nitrogen and oxygen atoms in total. The molecule has 0 fully saturated rings. The Kier molecular flexibility index (Phi) is 7.67. The molecule has 5 heteroatoms. The number of hydrogen-bond donors (Lipinski definition) is 2. The summed E-state index contributed by atoms with van der Waals surface area (Å²) in [7, 11) is 1.73. The van der Waals surface area contributed by atoms with E-state index in [1.54, 1.807) is 7.11 Å². The Bertz CT molecular complexity index is 1040. The van der Waals surface area contributed by atoms with Crippen LogP contribution in [0, 0.1) is 0 Å². The van der Waals surface area contributed by atoms with Crippen molar-refractivity contribution in [1.82, 2.24) is 10.6 Å². The minimum Gasteiger partial charge on any atom is -0.497 e. The van der Waals surface area contributed by atoms with Gasteiger partial charge in [0.1, 0.15) is 5.75 Å². The molecule has 0 heterocycles. The lowest BCUT2D eigenvalue weighted by atomic mass is 9.76. The lowest BCUT2D eigenvalue weighted by Gasteiger charge is -2.35. The number of fused-ring (bicyclic) bond motifs is 1. The molecule has 3 aromatic carbocycles. The van der Waals surface area contributed by atoms with Crippen molar-refractivity contribution in [2.45, 2.75) is 37.6 Å². The molecule has 0 aromatic heterocycles. The van der Waals surface area contributed by atoms with E-state index in [-0.39, 0.29) is 6.04 Å². The van der Waals surface area contributed by atoms with Crippen LogP contribution in [0.1, 0.15) is 34.6 Å². The molecule has 0 saturated carbocycles. The van der Waals surface area contributed by atoms with Crippen LogP contribution in [0.25, 0.3) is 0 Å². The summed E-state index contributed by atoms with van der Waals surface area (Å²) >= 11 is 11.6. The molecule has 1 aliphatic carbocycles. The smallest absolute Gasteiger partial charge is 0.166 e. The zero-order valence-corrected chi connectivity index (χ0v) is 19.9. The van der Waals surface area contributed by atoms with Crippen LogP contribution in [0.5, 0.6) is 5.75 Å². The average Bonchev–Trinajstić information content (AvgIpc) is 2.82. The van der Waals surface area contributed by atoms with E-state index in [1.807, 2.05) is 12.1 Å². The highest BCUT2D eigenvalue weighted by atomic mass is 35.5. The highest BCUT2D eigenvalue weighted by Crippen LogP contribution is 2.36. The number of ether oxygens (including phenoxy) is 1. The second-order valence-electron chi connectivity index (χ2n) is 8.28. The van der Waals surface area contributed by atoms with E-state index in [9.17, 15) is 0 Å². The first-order valence-corrected chi connectivity index (χ1v) is 11.9. The van der Waals surface area contributed by atoms with E-state index in [2.05, 4.69) is 71.3 Å². The SMILES string of the molecule is COc1ccc2c(c1)CCC(NC(=S)NCCc1ccc(Cl)cc1)C2Cc1ccccc1. The number of methoxy groups -OCH3 is 1. The van der Waals surface area contributed by atoms with Gasteiger partial charge in [0.15, 0.2) is 5.11 Å². The van der Waals surface area contributed by atoms with Crippen molar-refractivity contribution in [2.24, 2.45) is 0 Å². The molecular formula is C27H29ClN2OS. The van der Waals surface area contributed by atoms with E-state index < -0.39 is 0 Å².